The van der Waals surface area contributed by atoms with E-state index < -0.39 is 97.5 Å². The number of hydrogen-bond acceptors (Lipinski definition) is 15. The predicted molar refractivity (Wildman–Crippen MR) is 386 cm³/mol. The van der Waals surface area contributed by atoms with Gasteiger partial charge in [0.25, 0.3) is 0 Å². The van der Waals surface area contributed by atoms with Gasteiger partial charge in [-0.3, -0.25) is 37.3 Å². The second-order valence-corrected chi connectivity index (χ2v) is 31.3. The number of aliphatic hydroxyl groups excluding tert-OH is 1. The van der Waals surface area contributed by atoms with Gasteiger partial charge >= 0.3 is 39.5 Å². The zero-order valence-electron chi connectivity index (χ0n) is 62.1. The average Bonchev–Trinajstić information content (AvgIpc) is 1.38. The van der Waals surface area contributed by atoms with Gasteiger partial charge in [-0.1, -0.05) is 337 Å². The molecule has 95 heavy (non-hydrogen) atoms. The molecule has 7 atom stereocenters. The molecule has 0 radical (unpaired) electrons. The van der Waals surface area contributed by atoms with Gasteiger partial charge in [0.15, 0.2) is 12.2 Å². The Hall–Kier alpha value is -1.94. The van der Waals surface area contributed by atoms with Crippen LogP contribution in [0.3, 0.4) is 0 Å². The maximum atomic E-state index is 13.1. The number of ether oxygens (including phenoxy) is 4. The smallest absolute Gasteiger partial charge is 0.462 e. The SMILES string of the molecule is CCCCCCCCCCCCCCC(=O)OC[C@H](COP(=O)(O)OC[C@H](O)COP(=O)(O)OC[C@@H](COC(=O)CCCCCCCCCCCCC(C)CC)OC(=O)CCCCCCCCCCCCCCCCC(C)C)OC(=O)CCCCCCCCCCC(C)CC. The van der Waals surface area contributed by atoms with Crippen molar-refractivity contribution in [2.45, 2.75) is 407 Å². The maximum absolute atomic E-state index is 13.1. The Kier molecular flexibility index (Phi) is 65.2. The minimum absolute atomic E-state index is 0.105. The highest BCUT2D eigenvalue weighted by Gasteiger charge is 2.30. The van der Waals surface area contributed by atoms with Crippen molar-refractivity contribution in [2.75, 3.05) is 39.6 Å². The van der Waals surface area contributed by atoms with E-state index in [1.165, 1.54) is 199 Å². The molecule has 0 aliphatic carbocycles. The number of carbonyl (C=O) groups is 4. The van der Waals surface area contributed by atoms with Crippen molar-refractivity contribution in [1.29, 1.82) is 0 Å². The van der Waals surface area contributed by atoms with E-state index in [-0.39, 0.29) is 25.7 Å². The third-order valence-electron chi connectivity index (χ3n) is 18.4. The molecule has 0 fully saturated rings. The molecule has 0 bridgehead atoms. The van der Waals surface area contributed by atoms with Crippen LogP contribution in [-0.2, 0) is 65.4 Å². The summed E-state index contributed by atoms with van der Waals surface area (Å²) >= 11 is 0. The molecule has 3 N–H and O–H groups in total. The number of phosphoric acid groups is 2. The van der Waals surface area contributed by atoms with Crippen LogP contribution in [0.15, 0.2) is 0 Å². The Bertz CT molecular complexity index is 1860. The van der Waals surface area contributed by atoms with E-state index in [1.54, 1.807) is 0 Å². The zero-order chi connectivity index (χ0) is 70.1. The maximum Gasteiger partial charge on any atom is 0.472 e. The lowest BCUT2D eigenvalue weighted by Gasteiger charge is -2.21. The quantitative estimate of drug-likeness (QED) is 0.0222. The highest BCUT2D eigenvalue weighted by molar-refractivity contribution is 7.47. The molecule has 0 amide bonds. The highest BCUT2D eigenvalue weighted by Crippen LogP contribution is 2.45. The molecule has 0 aromatic carbocycles. The molecule has 0 rings (SSSR count). The van der Waals surface area contributed by atoms with Crippen molar-refractivity contribution in [3.05, 3.63) is 0 Å². The molecule has 19 heteroatoms. The Labute approximate surface area is 581 Å². The third-order valence-corrected chi connectivity index (χ3v) is 20.3. The van der Waals surface area contributed by atoms with E-state index in [9.17, 15) is 43.2 Å². The first-order chi connectivity index (χ1) is 45.8. The van der Waals surface area contributed by atoms with Gasteiger partial charge in [0.2, 0.25) is 0 Å². The summed E-state index contributed by atoms with van der Waals surface area (Å²) in [5, 5.41) is 10.6. The van der Waals surface area contributed by atoms with E-state index >= 15 is 0 Å². The molecule has 0 heterocycles. The monoisotopic (exact) mass is 1400 g/mol. The minimum Gasteiger partial charge on any atom is -0.462 e. The van der Waals surface area contributed by atoms with Crippen LogP contribution in [0.4, 0.5) is 0 Å². The molecule has 0 spiro atoms. The normalized spacial score (nSPS) is 14.6. The Morgan fingerprint density at radius 1 is 0.305 bits per heavy atom. The molecule has 17 nitrogen and oxygen atoms in total. The van der Waals surface area contributed by atoms with Crippen molar-refractivity contribution >= 4 is 39.5 Å². The van der Waals surface area contributed by atoms with Gasteiger partial charge < -0.3 is 33.8 Å². The largest absolute Gasteiger partial charge is 0.472 e. The van der Waals surface area contributed by atoms with Crippen LogP contribution in [0.2, 0.25) is 0 Å². The summed E-state index contributed by atoms with van der Waals surface area (Å²) in [6, 6.07) is 0. The van der Waals surface area contributed by atoms with E-state index in [0.29, 0.717) is 25.7 Å². The summed E-state index contributed by atoms with van der Waals surface area (Å²) in [5.41, 5.74) is 0. The Balaban J connectivity index is 5.27. The molecule has 0 aliphatic heterocycles. The Morgan fingerprint density at radius 2 is 0.537 bits per heavy atom. The van der Waals surface area contributed by atoms with Gasteiger partial charge in [-0.05, 0) is 43.4 Å². The fourth-order valence-corrected chi connectivity index (χ4v) is 13.1. The number of phosphoric ester groups is 2. The van der Waals surface area contributed by atoms with Gasteiger partial charge in [0.05, 0.1) is 26.4 Å². The molecular formula is C76H148O17P2. The van der Waals surface area contributed by atoms with E-state index in [2.05, 4.69) is 48.5 Å². The van der Waals surface area contributed by atoms with Crippen LogP contribution in [-0.4, -0.2) is 96.7 Å². The number of unbranched alkanes of at least 4 members (excludes halogenated alkanes) is 40. The van der Waals surface area contributed by atoms with Crippen LogP contribution in [0.1, 0.15) is 389 Å². The van der Waals surface area contributed by atoms with Crippen molar-refractivity contribution < 1.29 is 80.2 Å². The topological polar surface area (TPSA) is 237 Å². The highest BCUT2D eigenvalue weighted by atomic mass is 31.2. The summed E-state index contributed by atoms with van der Waals surface area (Å²) in [5.74, 6) is 0.257. The van der Waals surface area contributed by atoms with Gasteiger partial charge in [-0.15, -0.1) is 0 Å². The van der Waals surface area contributed by atoms with E-state index in [1.807, 2.05) is 0 Å². The fraction of sp³-hybridized carbons (Fsp3) is 0.947. The van der Waals surface area contributed by atoms with Crippen LogP contribution in [0.25, 0.3) is 0 Å². The summed E-state index contributed by atoms with van der Waals surface area (Å²) in [7, 11) is -9.91. The van der Waals surface area contributed by atoms with E-state index in [4.69, 9.17) is 37.0 Å². The van der Waals surface area contributed by atoms with Gasteiger partial charge in [-0.25, -0.2) is 9.13 Å². The summed E-state index contributed by atoms with van der Waals surface area (Å²) < 4.78 is 68.6. The van der Waals surface area contributed by atoms with Crippen LogP contribution >= 0.6 is 15.6 Å². The van der Waals surface area contributed by atoms with Gasteiger partial charge in [0.1, 0.15) is 19.3 Å². The second-order valence-electron chi connectivity index (χ2n) is 28.4. The van der Waals surface area contributed by atoms with Gasteiger partial charge in [-0.2, -0.15) is 0 Å². The summed E-state index contributed by atoms with van der Waals surface area (Å²) in [6.07, 6.45) is 52.5. The number of hydrogen-bond donors (Lipinski definition) is 3. The second kappa shape index (κ2) is 66.6. The van der Waals surface area contributed by atoms with E-state index in [0.717, 1.165) is 108 Å². The van der Waals surface area contributed by atoms with Crippen LogP contribution < -0.4 is 0 Å². The Morgan fingerprint density at radius 3 is 0.800 bits per heavy atom. The molecule has 0 saturated heterocycles. The molecule has 564 valence electrons. The number of esters is 4. The first-order valence-electron chi connectivity index (χ1n) is 39.4. The first-order valence-corrected chi connectivity index (χ1v) is 42.4. The lowest BCUT2D eigenvalue weighted by molar-refractivity contribution is -0.161. The summed E-state index contributed by atoms with van der Waals surface area (Å²) in [4.78, 5) is 72.8. The van der Waals surface area contributed by atoms with Crippen molar-refractivity contribution in [3.8, 4) is 0 Å². The molecule has 0 aromatic rings. The molecule has 4 unspecified atom stereocenters. The average molecular weight is 1400 g/mol. The number of rotatable bonds is 74. The first kappa shape index (κ1) is 93.1. The van der Waals surface area contributed by atoms with Crippen LogP contribution in [0.5, 0.6) is 0 Å². The molecule has 0 saturated carbocycles. The van der Waals surface area contributed by atoms with Gasteiger partial charge in [0, 0.05) is 25.7 Å². The van der Waals surface area contributed by atoms with Crippen molar-refractivity contribution in [1.82, 2.24) is 0 Å². The minimum atomic E-state index is -4.96. The number of aliphatic hydroxyl groups is 1. The fourth-order valence-electron chi connectivity index (χ4n) is 11.5. The van der Waals surface area contributed by atoms with Crippen molar-refractivity contribution in [2.24, 2.45) is 17.8 Å². The lowest BCUT2D eigenvalue weighted by Crippen LogP contribution is -2.30. The zero-order valence-corrected chi connectivity index (χ0v) is 63.9. The van der Waals surface area contributed by atoms with Crippen molar-refractivity contribution in [3.63, 3.8) is 0 Å². The molecule has 0 aliphatic rings. The summed E-state index contributed by atoms with van der Waals surface area (Å²) in [6.45, 7) is 11.9. The number of carbonyl (C=O) groups excluding carboxylic acids is 4. The third kappa shape index (κ3) is 67.6. The molecule has 0 aromatic heterocycles. The standard InChI is InChI=1S/C76H148O17P2/c1-8-11-12-13-14-15-16-22-28-36-43-50-57-73(78)86-64-72(93-76(81)60-53-46-39-32-31-35-42-49-56-69(7)10-3)66-91-95(84,85)89-62-70(77)61-88-94(82,83)90-65-71(63-87-74(79)58-51-44-37-29-25-24-27-34-41-48-55-68(6)9-2)92-75(80)59-52-45-38-30-23-20-18-17-19-21-26-33-40-47-54-67(4)5/h67-72,77H,8-66H2,1-7H3,(H,82,83)(H,84,85)/t68?,69?,70-,71-,72-/m1/s1. The van der Waals surface area contributed by atoms with Crippen LogP contribution in [0, 0.1) is 17.8 Å². The predicted octanol–water partition coefficient (Wildman–Crippen LogP) is 22.2. The lowest BCUT2D eigenvalue weighted by atomic mass is 9.99. The molecular weight excluding hydrogens is 1250 g/mol.